The standard InChI is InChI=1S/C31H38N2O3/c34-30(33-17-6-9-24(14-18-33)23-7-2-1-3-8-23)29-22-25-21-26(12-13-28(25)36-29)31(35)15-19-32(20-16-31)27-10-4-5-11-27/h1-3,7-8,12-13,21-22,24,27,35H,4-6,9-11,14-20H2/t24-/m1/s1. The number of fused-ring (bicyclic) bond motifs is 1. The van der Waals surface area contributed by atoms with Crippen molar-refractivity contribution in [3.63, 3.8) is 0 Å². The molecule has 2 aromatic carbocycles. The van der Waals surface area contributed by atoms with Gasteiger partial charge in [-0.25, -0.2) is 0 Å². The first-order chi connectivity index (χ1) is 17.6. The van der Waals surface area contributed by atoms with Crippen molar-refractivity contribution in [2.45, 2.75) is 75.3 Å². The maximum atomic E-state index is 13.4. The Bertz CT molecular complexity index is 1190. The van der Waals surface area contributed by atoms with Crippen LogP contribution in [-0.4, -0.2) is 53.0 Å². The normalized spacial score (nSPS) is 23.7. The molecule has 2 aliphatic heterocycles. The molecule has 3 fully saturated rings. The number of aliphatic hydroxyl groups is 1. The molecular formula is C31H38N2O3. The van der Waals surface area contributed by atoms with E-state index < -0.39 is 5.60 Å². The molecule has 1 aromatic heterocycles. The second kappa shape index (κ2) is 10.0. The summed E-state index contributed by atoms with van der Waals surface area (Å²) in [6.45, 7) is 3.42. The van der Waals surface area contributed by atoms with Gasteiger partial charge in [0.2, 0.25) is 0 Å². The predicted octanol–water partition coefficient (Wildman–Crippen LogP) is 6.07. The fourth-order valence-electron chi connectivity index (χ4n) is 6.77. The Morgan fingerprint density at radius 1 is 0.861 bits per heavy atom. The fourth-order valence-corrected chi connectivity index (χ4v) is 6.77. The van der Waals surface area contributed by atoms with E-state index in [-0.39, 0.29) is 5.91 Å². The lowest BCUT2D eigenvalue weighted by Crippen LogP contribution is -2.46. The van der Waals surface area contributed by atoms with Gasteiger partial charge in [0.15, 0.2) is 5.76 Å². The molecule has 3 aromatic rings. The number of benzene rings is 2. The molecule has 5 nitrogen and oxygen atoms in total. The van der Waals surface area contributed by atoms with Crippen LogP contribution in [0, 0.1) is 0 Å². The zero-order valence-corrected chi connectivity index (χ0v) is 21.2. The molecule has 2 saturated heterocycles. The van der Waals surface area contributed by atoms with Crippen molar-refractivity contribution in [2.24, 2.45) is 0 Å². The molecule has 1 atom stereocenters. The maximum absolute atomic E-state index is 13.4. The number of rotatable bonds is 4. The lowest BCUT2D eigenvalue weighted by Gasteiger charge is -2.41. The van der Waals surface area contributed by atoms with E-state index in [2.05, 4.69) is 35.2 Å². The van der Waals surface area contributed by atoms with Gasteiger partial charge in [-0.2, -0.15) is 0 Å². The smallest absolute Gasteiger partial charge is 0.289 e. The monoisotopic (exact) mass is 486 g/mol. The highest BCUT2D eigenvalue weighted by Gasteiger charge is 2.37. The summed E-state index contributed by atoms with van der Waals surface area (Å²) in [5.74, 6) is 0.886. The molecule has 1 N–H and O–H groups in total. The van der Waals surface area contributed by atoms with Crippen LogP contribution in [0.25, 0.3) is 11.0 Å². The molecule has 3 heterocycles. The van der Waals surface area contributed by atoms with Gasteiger partial charge >= 0.3 is 0 Å². The summed E-state index contributed by atoms with van der Waals surface area (Å²) in [5, 5.41) is 12.4. The molecule has 3 aliphatic rings. The van der Waals surface area contributed by atoms with E-state index in [4.69, 9.17) is 4.42 Å². The third-order valence-electron chi connectivity index (χ3n) is 9.02. The van der Waals surface area contributed by atoms with Gasteiger partial charge in [0.25, 0.3) is 5.91 Å². The van der Waals surface area contributed by atoms with E-state index in [1.54, 1.807) is 0 Å². The van der Waals surface area contributed by atoms with Gasteiger partial charge in [-0.3, -0.25) is 4.79 Å². The number of amides is 1. The maximum Gasteiger partial charge on any atom is 0.289 e. The number of nitrogens with zero attached hydrogens (tertiary/aromatic N) is 2. The fraction of sp³-hybridized carbons (Fsp3) is 0.516. The van der Waals surface area contributed by atoms with Crippen LogP contribution in [0.4, 0.5) is 0 Å². The minimum absolute atomic E-state index is 0.0231. The van der Waals surface area contributed by atoms with Crippen LogP contribution < -0.4 is 0 Å². The quantitative estimate of drug-likeness (QED) is 0.486. The second-order valence-corrected chi connectivity index (χ2v) is 11.2. The van der Waals surface area contributed by atoms with E-state index >= 15 is 0 Å². The predicted molar refractivity (Wildman–Crippen MR) is 142 cm³/mol. The van der Waals surface area contributed by atoms with Crippen molar-refractivity contribution >= 4 is 16.9 Å². The Hall–Kier alpha value is -2.63. The third-order valence-corrected chi connectivity index (χ3v) is 9.02. The molecule has 0 radical (unpaired) electrons. The number of likely N-dealkylation sites (tertiary alicyclic amines) is 2. The molecule has 0 unspecified atom stereocenters. The molecule has 1 aliphatic carbocycles. The average molecular weight is 487 g/mol. The number of carbonyl (C=O) groups is 1. The van der Waals surface area contributed by atoms with Crippen LogP contribution in [0.15, 0.2) is 59.0 Å². The zero-order chi connectivity index (χ0) is 24.5. The molecule has 1 saturated carbocycles. The second-order valence-electron chi connectivity index (χ2n) is 11.2. The summed E-state index contributed by atoms with van der Waals surface area (Å²) < 4.78 is 6.01. The minimum Gasteiger partial charge on any atom is -0.451 e. The third kappa shape index (κ3) is 4.71. The lowest BCUT2D eigenvalue weighted by atomic mass is 9.83. The molecule has 190 valence electrons. The molecule has 0 spiro atoms. The summed E-state index contributed by atoms with van der Waals surface area (Å²) in [4.78, 5) is 17.9. The van der Waals surface area contributed by atoms with Gasteiger partial charge in [0, 0.05) is 37.6 Å². The van der Waals surface area contributed by atoms with Crippen LogP contribution in [0.3, 0.4) is 0 Å². The Labute approximate surface area is 214 Å². The molecule has 6 rings (SSSR count). The van der Waals surface area contributed by atoms with Crippen LogP contribution in [0.2, 0.25) is 0 Å². The van der Waals surface area contributed by atoms with E-state index in [0.29, 0.717) is 23.3 Å². The van der Waals surface area contributed by atoms with Crippen LogP contribution in [0.5, 0.6) is 0 Å². The number of hydrogen-bond donors (Lipinski definition) is 1. The molecule has 0 bridgehead atoms. The number of hydrogen-bond acceptors (Lipinski definition) is 4. The Balaban J connectivity index is 1.14. The topological polar surface area (TPSA) is 56.9 Å². The first-order valence-electron chi connectivity index (χ1n) is 13.9. The Kier molecular flexibility index (Phi) is 6.61. The van der Waals surface area contributed by atoms with Gasteiger partial charge in [-0.1, -0.05) is 49.2 Å². The summed E-state index contributed by atoms with van der Waals surface area (Å²) >= 11 is 0. The number of furan rings is 1. The first-order valence-corrected chi connectivity index (χ1v) is 13.9. The summed E-state index contributed by atoms with van der Waals surface area (Å²) in [7, 11) is 0. The van der Waals surface area contributed by atoms with Crippen molar-refractivity contribution in [1.29, 1.82) is 0 Å². The van der Waals surface area contributed by atoms with Crippen LogP contribution in [0.1, 0.15) is 85.4 Å². The van der Waals surface area contributed by atoms with Crippen LogP contribution in [-0.2, 0) is 5.60 Å². The van der Waals surface area contributed by atoms with Crippen molar-refractivity contribution < 1.29 is 14.3 Å². The van der Waals surface area contributed by atoms with E-state index in [9.17, 15) is 9.90 Å². The number of carbonyl (C=O) groups excluding carboxylic acids is 1. The highest BCUT2D eigenvalue weighted by Crippen LogP contribution is 2.37. The molecule has 5 heteroatoms. The van der Waals surface area contributed by atoms with Crippen LogP contribution >= 0.6 is 0 Å². The minimum atomic E-state index is -0.804. The summed E-state index contributed by atoms with van der Waals surface area (Å²) in [6.07, 6.45) is 9.90. The van der Waals surface area contributed by atoms with Gasteiger partial charge in [-0.15, -0.1) is 0 Å². The van der Waals surface area contributed by atoms with E-state index in [0.717, 1.165) is 69.2 Å². The first kappa shape index (κ1) is 23.7. The average Bonchev–Trinajstić information content (AvgIpc) is 3.54. The highest BCUT2D eigenvalue weighted by molar-refractivity contribution is 5.96. The largest absolute Gasteiger partial charge is 0.451 e. The molecule has 36 heavy (non-hydrogen) atoms. The summed E-state index contributed by atoms with van der Waals surface area (Å²) in [6, 6.07) is 19.2. The Morgan fingerprint density at radius 2 is 1.64 bits per heavy atom. The zero-order valence-electron chi connectivity index (χ0n) is 21.2. The molecule has 1 amide bonds. The van der Waals surface area contributed by atoms with Crippen molar-refractivity contribution in [3.05, 3.63) is 71.5 Å². The lowest BCUT2D eigenvalue weighted by molar-refractivity contribution is -0.0349. The van der Waals surface area contributed by atoms with E-state index in [1.165, 1.54) is 31.2 Å². The van der Waals surface area contributed by atoms with Gasteiger partial charge in [0.1, 0.15) is 5.58 Å². The van der Waals surface area contributed by atoms with Gasteiger partial charge in [-0.05, 0) is 80.2 Å². The van der Waals surface area contributed by atoms with Crippen molar-refractivity contribution in [2.75, 3.05) is 26.2 Å². The summed E-state index contributed by atoms with van der Waals surface area (Å²) in [5.41, 5.74) is 2.23. The van der Waals surface area contributed by atoms with Gasteiger partial charge in [0.05, 0.1) is 5.60 Å². The van der Waals surface area contributed by atoms with E-state index in [1.807, 2.05) is 29.2 Å². The van der Waals surface area contributed by atoms with Gasteiger partial charge < -0.3 is 19.3 Å². The SMILES string of the molecule is O=C(c1cc2cc(C3(O)CCN(C4CCCC4)CC3)ccc2o1)N1CCC[C@@H](c2ccccc2)CC1. The van der Waals surface area contributed by atoms with Crippen molar-refractivity contribution in [3.8, 4) is 0 Å². The van der Waals surface area contributed by atoms with Crippen molar-refractivity contribution in [1.82, 2.24) is 9.80 Å². The highest BCUT2D eigenvalue weighted by atomic mass is 16.3. The molecular weight excluding hydrogens is 448 g/mol. The Morgan fingerprint density at radius 3 is 2.42 bits per heavy atom. The number of piperidine rings is 1.